The minimum absolute atomic E-state index is 0.0267. The number of nitrogens with zero attached hydrogens (tertiary/aromatic N) is 1. The molecule has 1 aliphatic rings. The van der Waals surface area contributed by atoms with E-state index in [1.165, 1.54) is 0 Å². The molecule has 0 saturated carbocycles. The van der Waals surface area contributed by atoms with E-state index in [0.29, 0.717) is 5.88 Å². The normalized spacial score (nSPS) is 19.8. The number of ether oxygens (including phenoxy) is 1. The maximum Gasteiger partial charge on any atom is 0.267 e. The molecule has 80 valence electrons. The summed E-state index contributed by atoms with van der Waals surface area (Å²) in [7, 11) is 1.75. The van der Waals surface area contributed by atoms with E-state index in [-0.39, 0.29) is 5.91 Å². The third kappa shape index (κ3) is 1.67. The number of rotatable bonds is 1. The van der Waals surface area contributed by atoms with Crippen molar-refractivity contribution in [2.45, 2.75) is 18.9 Å². The third-order valence-corrected chi connectivity index (χ3v) is 2.83. The van der Waals surface area contributed by atoms with Gasteiger partial charge in [-0.2, -0.15) is 0 Å². The number of carbonyl (C=O) groups excluding carboxylic acids is 1. The SMILES string of the molecule is CC1Oc2cc(CCl)ccc2N(C)C1=O. The average molecular weight is 226 g/mol. The molecular formula is C11H12ClNO2. The second kappa shape index (κ2) is 3.74. The molecule has 0 N–H and O–H groups in total. The summed E-state index contributed by atoms with van der Waals surface area (Å²) < 4.78 is 5.51. The topological polar surface area (TPSA) is 29.5 Å². The lowest BCUT2D eigenvalue weighted by molar-refractivity contribution is -0.125. The van der Waals surface area contributed by atoms with Crippen LogP contribution in [0.15, 0.2) is 18.2 Å². The molecule has 0 radical (unpaired) electrons. The first-order chi connectivity index (χ1) is 7.13. The Hall–Kier alpha value is -1.22. The van der Waals surface area contributed by atoms with Gasteiger partial charge in [0.2, 0.25) is 0 Å². The molecule has 15 heavy (non-hydrogen) atoms. The summed E-state index contributed by atoms with van der Waals surface area (Å²) in [6, 6.07) is 5.63. The minimum Gasteiger partial charge on any atom is -0.479 e. The van der Waals surface area contributed by atoms with Gasteiger partial charge in [0.25, 0.3) is 5.91 Å². The molecule has 2 rings (SSSR count). The van der Waals surface area contributed by atoms with Gasteiger partial charge in [-0.15, -0.1) is 11.6 Å². The summed E-state index contributed by atoms with van der Waals surface area (Å²) >= 11 is 5.73. The van der Waals surface area contributed by atoms with Gasteiger partial charge in [-0.05, 0) is 24.6 Å². The van der Waals surface area contributed by atoms with Crippen molar-refractivity contribution < 1.29 is 9.53 Å². The lowest BCUT2D eigenvalue weighted by Crippen LogP contribution is -2.41. The van der Waals surface area contributed by atoms with Crippen LogP contribution in [0, 0.1) is 0 Å². The molecule has 0 spiro atoms. The van der Waals surface area contributed by atoms with E-state index in [4.69, 9.17) is 16.3 Å². The highest BCUT2D eigenvalue weighted by atomic mass is 35.5. The Morgan fingerprint density at radius 3 is 2.93 bits per heavy atom. The highest BCUT2D eigenvalue weighted by Gasteiger charge is 2.28. The maximum absolute atomic E-state index is 11.6. The van der Waals surface area contributed by atoms with E-state index >= 15 is 0 Å². The summed E-state index contributed by atoms with van der Waals surface area (Å²) in [5.74, 6) is 1.15. The fourth-order valence-electron chi connectivity index (χ4n) is 1.65. The summed E-state index contributed by atoms with van der Waals surface area (Å²) in [4.78, 5) is 13.2. The highest BCUT2D eigenvalue weighted by molar-refractivity contribution is 6.17. The fourth-order valence-corrected chi connectivity index (χ4v) is 1.81. The second-order valence-corrected chi connectivity index (χ2v) is 3.86. The van der Waals surface area contributed by atoms with E-state index < -0.39 is 6.10 Å². The number of amides is 1. The second-order valence-electron chi connectivity index (χ2n) is 3.59. The molecule has 1 amide bonds. The maximum atomic E-state index is 11.6. The molecular weight excluding hydrogens is 214 g/mol. The predicted octanol–water partition coefficient (Wildman–Crippen LogP) is 2.17. The zero-order valence-corrected chi connectivity index (χ0v) is 9.41. The lowest BCUT2D eigenvalue weighted by atomic mass is 10.1. The highest BCUT2D eigenvalue weighted by Crippen LogP contribution is 2.34. The quantitative estimate of drug-likeness (QED) is 0.686. The van der Waals surface area contributed by atoms with Crippen molar-refractivity contribution in [3.8, 4) is 5.75 Å². The molecule has 3 nitrogen and oxygen atoms in total. The molecule has 1 unspecified atom stereocenters. The van der Waals surface area contributed by atoms with E-state index in [9.17, 15) is 4.79 Å². The van der Waals surface area contributed by atoms with E-state index in [1.807, 2.05) is 18.2 Å². The largest absolute Gasteiger partial charge is 0.479 e. The molecule has 0 saturated heterocycles. The minimum atomic E-state index is -0.423. The zero-order chi connectivity index (χ0) is 11.0. The summed E-state index contributed by atoms with van der Waals surface area (Å²) in [5, 5.41) is 0. The first-order valence-electron chi connectivity index (χ1n) is 4.76. The number of benzene rings is 1. The van der Waals surface area contributed by atoms with Crippen LogP contribution in [0.5, 0.6) is 5.75 Å². The van der Waals surface area contributed by atoms with Crippen LogP contribution in [0.2, 0.25) is 0 Å². The molecule has 0 fully saturated rings. The van der Waals surface area contributed by atoms with Crippen LogP contribution >= 0.6 is 11.6 Å². The molecule has 1 aliphatic heterocycles. The number of hydrogen-bond acceptors (Lipinski definition) is 2. The molecule has 1 aromatic carbocycles. The van der Waals surface area contributed by atoms with Crippen molar-refractivity contribution in [1.82, 2.24) is 0 Å². The number of halogens is 1. The van der Waals surface area contributed by atoms with Gasteiger partial charge in [-0.3, -0.25) is 4.79 Å². The summed E-state index contributed by atoms with van der Waals surface area (Å²) in [5.41, 5.74) is 1.79. The molecule has 1 heterocycles. The van der Waals surface area contributed by atoms with Gasteiger partial charge in [0, 0.05) is 12.9 Å². The summed E-state index contributed by atoms with van der Waals surface area (Å²) in [6.45, 7) is 1.75. The van der Waals surface area contributed by atoms with Gasteiger partial charge in [0.05, 0.1) is 5.69 Å². The van der Waals surface area contributed by atoms with Crippen LogP contribution in [0.1, 0.15) is 12.5 Å². The Balaban J connectivity index is 2.45. The van der Waals surface area contributed by atoms with Gasteiger partial charge >= 0.3 is 0 Å². The van der Waals surface area contributed by atoms with Gasteiger partial charge in [0.1, 0.15) is 5.75 Å². The van der Waals surface area contributed by atoms with Crippen molar-refractivity contribution in [2.75, 3.05) is 11.9 Å². The molecule has 4 heteroatoms. The number of carbonyl (C=O) groups is 1. The summed E-state index contributed by atoms with van der Waals surface area (Å²) in [6.07, 6.45) is -0.423. The van der Waals surface area contributed by atoms with E-state index in [2.05, 4.69) is 0 Å². The van der Waals surface area contributed by atoms with Gasteiger partial charge in [-0.1, -0.05) is 6.07 Å². The van der Waals surface area contributed by atoms with Crippen LogP contribution < -0.4 is 9.64 Å². The van der Waals surface area contributed by atoms with Crippen molar-refractivity contribution in [1.29, 1.82) is 0 Å². The van der Waals surface area contributed by atoms with Gasteiger partial charge in [-0.25, -0.2) is 0 Å². The Morgan fingerprint density at radius 1 is 1.53 bits per heavy atom. The Bertz CT molecular complexity index is 406. The number of likely N-dealkylation sites (N-methyl/N-ethyl adjacent to an activating group) is 1. The molecule has 0 aliphatic carbocycles. The van der Waals surface area contributed by atoms with Crippen LogP contribution in [0.3, 0.4) is 0 Å². The van der Waals surface area contributed by atoms with E-state index in [1.54, 1.807) is 18.9 Å². The van der Waals surface area contributed by atoms with Crippen molar-refractivity contribution in [2.24, 2.45) is 0 Å². The average Bonchev–Trinajstić information content (AvgIpc) is 2.25. The van der Waals surface area contributed by atoms with Gasteiger partial charge in [0.15, 0.2) is 6.10 Å². The molecule has 0 aromatic heterocycles. The lowest BCUT2D eigenvalue weighted by Gasteiger charge is -2.30. The van der Waals surface area contributed by atoms with E-state index in [0.717, 1.165) is 17.0 Å². The van der Waals surface area contributed by atoms with Crippen molar-refractivity contribution in [3.63, 3.8) is 0 Å². The standard InChI is InChI=1S/C11H12ClNO2/c1-7-11(14)13(2)9-4-3-8(6-12)5-10(9)15-7/h3-5,7H,6H2,1-2H3. The Morgan fingerprint density at radius 2 is 2.27 bits per heavy atom. The first-order valence-corrected chi connectivity index (χ1v) is 5.30. The number of alkyl halides is 1. The zero-order valence-electron chi connectivity index (χ0n) is 8.66. The van der Waals surface area contributed by atoms with Crippen molar-refractivity contribution >= 4 is 23.2 Å². The molecule has 0 bridgehead atoms. The monoisotopic (exact) mass is 225 g/mol. The van der Waals surface area contributed by atoms with Gasteiger partial charge < -0.3 is 9.64 Å². The molecule has 1 atom stereocenters. The fraction of sp³-hybridized carbons (Fsp3) is 0.364. The first kappa shape index (κ1) is 10.3. The number of anilines is 1. The van der Waals surface area contributed by atoms with Crippen LogP contribution in [0.4, 0.5) is 5.69 Å². The Labute approximate surface area is 93.6 Å². The van der Waals surface area contributed by atoms with Crippen LogP contribution in [-0.4, -0.2) is 19.1 Å². The van der Waals surface area contributed by atoms with Crippen LogP contribution in [0.25, 0.3) is 0 Å². The third-order valence-electron chi connectivity index (χ3n) is 2.52. The predicted molar refractivity (Wildman–Crippen MR) is 59.5 cm³/mol. The van der Waals surface area contributed by atoms with Crippen LogP contribution in [-0.2, 0) is 10.7 Å². The number of fused-ring (bicyclic) bond motifs is 1. The molecule has 1 aromatic rings. The number of hydrogen-bond donors (Lipinski definition) is 0. The smallest absolute Gasteiger partial charge is 0.267 e. The van der Waals surface area contributed by atoms with Crippen molar-refractivity contribution in [3.05, 3.63) is 23.8 Å². The Kier molecular flexibility index (Phi) is 2.57.